The predicted molar refractivity (Wildman–Crippen MR) is 92.1 cm³/mol. The molecule has 9 nitrogen and oxygen atoms in total. The average Bonchev–Trinajstić information content (AvgIpc) is 2.80. The third kappa shape index (κ3) is 3.88. The molecule has 0 saturated carbocycles. The Kier molecular flexibility index (Phi) is 5.71. The summed E-state index contributed by atoms with van der Waals surface area (Å²) in [7, 11) is 0. The molecule has 1 saturated heterocycles. The molecule has 0 unspecified atom stereocenters. The number of urea groups is 1. The quantitative estimate of drug-likeness (QED) is 0.554. The lowest BCUT2D eigenvalue weighted by Gasteiger charge is -2.14. The zero-order chi connectivity index (χ0) is 19.4. The van der Waals surface area contributed by atoms with Crippen LogP contribution in [0.25, 0.3) is 0 Å². The standard InChI is InChI=1S/C17H20N4O5/c1-4-20-15(24)16(25)21(17(20)26)9-14(23)18-8-13(22)19-12-7-5-6-10(2)11(12)3/h5-7H,4,8-9H2,1-3H3,(H,18,23)(H,19,22). The Bertz CT molecular complexity index is 789. The molecule has 0 spiro atoms. The van der Waals surface area contributed by atoms with E-state index in [0.29, 0.717) is 10.6 Å². The van der Waals surface area contributed by atoms with Gasteiger partial charge in [-0.3, -0.25) is 24.1 Å². The second-order valence-corrected chi connectivity index (χ2v) is 5.80. The highest BCUT2D eigenvalue weighted by Crippen LogP contribution is 2.17. The first-order valence-corrected chi connectivity index (χ1v) is 8.06. The second kappa shape index (κ2) is 7.77. The predicted octanol–water partition coefficient (Wildman–Crippen LogP) is 0.169. The minimum Gasteiger partial charge on any atom is -0.345 e. The largest absolute Gasteiger partial charge is 0.345 e. The van der Waals surface area contributed by atoms with E-state index < -0.39 is 36.2 Å². The number of hydrogen-bond acceptors (Lipinski definition) is 5. The Morgan fingerprint density at radius 1 is 1.00 bits per heavy atom. The van der Waals surface area contributed by atoms with Gasteiger partial charge in [0.15, 0.2) is 0 Å². The molecule has 0 aliphatic carbocycles. The third-order valence-electron chi connectivity index (χ3n) is 4.08. The Hall–Kier alpha value is -3.23. The summed E-state index contributed by atoms with van der Waals surface area (Å²) in [4.78, 5) is 60.4. The molecule has 0 bridgehead atoms. The van der Waals surface area contributed by atoms with Crippen molar-refractivity contribution in [2.24, 2.45) is 0 Å². The van der Waals surface area contributed by atoms with Crippen molar-refractivity contribution in [2.75, 3.05) is 25.0 Å². The smallest absolute Gasteiger partial charge is 0.334 e. The zero-order valence-corrected chi connectivity index (χ0v) is 14.8. The summed E-state index contributed by atoms with van der Waals surface area (Å²) in [6, 6.07) is 4.63. The van der Waals surface area contributed by atoms with Crippen molar-refractivity contribution in [2.45, 2.75) is 20.8 Å². The van der Waals surface area contributed by atoms with Gasteiger partial charge in [0, 0.05) is 12.2 Å². The van der Waals surface area contributed by atoms with Crippen LogP contribution in [-0.2, 0) is 19.2 Å². The van der Waals surface area contributed by atoms with Crippen molar-refractivity contribution in [3.63, 3.8) is 0 Å². The van der Waals surface area contributed by atoms with Crippen molar-refractivity contribution in [3.05, 3.63) is 29.3 Å². The van der Waals surface area contributed by atoms with Gasteiger partial charge in [-0.05, 0) is 38.0 Å². The van der Waals surface area contributed by atoms with Gasteiger partial charge in [0.05, 0.1) is 6.54 Å². The van der Waals surface area contributed by atoms with Crippen LogP contribution in [0.3, 0.4) is 0 Å². The van der Waals surface area contributed by atoms with Crippen LogP contribution < -0.4 is 10.6 Å². The van der Waals surface area contributed by atoms with Crippen molar-refractivity contribution in [1.29, 1.82) is 0 Å². The molecule has 1 heterocycles. The number of imide groups is 2. The molecule has 1 fully saturated rings. The van der Waals surface area contributed by atoms with Gasteiger partial charge in [-0.15, -0.1) is 0 Å². The highest BCUT2D eigenvalue weighted by Gasteiger charge is 2.44. The highest BCUT2D eigenvalue weighted by molar-refractivity contribution is 6.45. The van der Waals surface area contributed by atoms with E-state index in [9.17, 15) is 24.0 Å². The zero-order valence-electron chi connectivity index (χ0n) is 14.8. The number of benzene rings is 1. The molecular weight excluding hydrogens is 340 g/mol. The van der Waals surface area contributed by atoms with Crippen LogP contribution in [0.1, 0.15) is 18.1 Å². The summed E-state index contributed by atoms with van der Waals surface area (Å²) >= 11 is 0. The van der Waals surface area contributed by atoms with E-state index in [4.69, 9.17) is 0 Å². The van der Waals surface area contributed by atoms with Gasteiger partial charge in [0.25, 0.3) is 0 Å². The molecule has 1 aliphatic rings. The Morgan fingerprint density at radius 3 is 2.27 bits per heavy atom. The first-order chi connectivity index (χ1) is 12.3. The number of likely N-dealkylation sites (N-methyl/N-ethyl adjacent to an activating group) is 1. The van der Waals surface area contributed by atoms with E-state index in [1.807, 2.05) is 19.9 Å². The lowest BCUT2D eigenvalue weighted by atomic mass is 10.1. The van der Waals surface area contributed by atoms with Gasteiger partial charge in [-0.1, -0.05) is 12.1 Å². The number of carbonyl (C=O) groups is 5. The summed E-state index contributed by atoms with van der Waals surface area (Å²) in [5, 5.41) is 5.00. The molecule has 1 aromatic rings. The molecule has 0 atom stereocenters. The number of hydrogen-bond donors (Lipinski definition) is 2. The van der Waals surface area contributed by atoms with Crippen LogP contribution in [0.15, 0.2) is 18.2 Å². The molecule has 2 rings (SSSR count). The van der Waals surface area contributed by atoms with E-state index in [1.54, 1.807) is 19.1 Å². The maximum atomic E-state index is 12.0. The summed E-state index contributed by atoms with van der Waals surface area (Å²) in [6.45, 7) is 4.43. The summed E-state index contributed by atoms with van der Waals surface area (Å²) in [5.41, 5.74) is 2.57. The molecule has 2 N–H and O–H groups in total. The minimum absolute atomic E-state index is 0.0414. The summed E-state index contributed by atoms with van der Waals surface area (Å²) < 4.78 is 0. The number of rotatable bonds is 6. The monoisotopic (exact) mass is 360 g/mol. The summed E-state index contributed by atoms with van der Waals surface area (Å²) in [6.07, 6.45) is 0. The maximum Gasteiger partial charge on any atom is 0.334 e. The fourth-order valence-electron chi connectivity index (χ4n) is 2.43. The lowest BCUT2D eigenvalue weighted by Crippen LogP contribution is -2.43. The van der Waals surface area contributed by atoms with Crippen LogP contribution in [0.5, 0.6) is 0 Å². The first-order valence-electron chi connectivity index (χ1n) is 8.06. The third-order valence-corrected chi connectivity index (χ3v) is 4.08. The van der Waals surface area contributed by atoms with E-state index >= 15 is 0 Å². The summed E-state index contributed by atoms with van der Waals surface area (Å²) in [5.74, 6) is -3.17. The van der Waals surface area contributed by atoms with Crippen molar-refractivity contribution < 1.29 is 24.0 Å². The van der Waals surface area contributed by atoms with Gasteiger partial charge in [-0.25, -0.2) is 9.69 Å². The highest BCUT2D eigenvalue weighted by atomic mass is 16.2. The van der Waals surface area contributed by atoms with Crippen molar-refractivity contribution in [3.8, 4) is 0 Å². The van der Waals surface area contributed by atoms with Gasteiger partial charge >= 0.3 is 17.8 Å². The molecule has 138 valence electrons. The van der Waals surface area contributed by atoms with E-state index in [1.165, 1.54) is 0 Å². The average molecular weight is 360 g/mol. The molecule has 1 aromatic carbocycles. The first kappa shape index (κ1) is 19.1. The fraction of sp³-hybridized carbons (Fsp3) is 0.353. The van der Waals surface area contributed by atoms with Gasteiger partial charge in [0.2, 0.25) is 11.8 Å². The Morgan fingerprint density at radius 2 is 1.65 bits per heavy atom. The number of amides is 6. The van der Waals surface area contributed by atoms with Crippen molar-refractivity contribution in [1.82, 2.24) is 15.1 Å². The Labute approximate surface area is 150 Å². The van der Waals surface area contributed by atoms with Crippen LogP contribution in [-0.4, -0.2) is 59.1 Å². The molecule has 26 heavy (non-hydrogen) atoms. The fourth-order valence-corrected chi connectivity index (χ4v) is 2.43. The molecule has 9 heteroatoms. The van der Waals surface area contributed by atoms with E-state index in [0.717, 1.165) is 16.0 Å². The minimum atomic E-state index is -1.05. The van der Waals surface area contributed by atoms with Crippen LogP contribution in [0.2, 0.25) is 0 Å². The number of aryl methyl sites for hydroxylation is 1. The van der Waals surface area contributed by atoms with Gasteiger partial charge in [-0.2, -0.15) is 0 Å². The normalized spacial score (nSPS) is 14.0. The second-order valence-electron chi connectivity index (χ2n) is 5.80. The van der Waals surface area contributed by atoms with Gasteiger partial charge in [0.1, 0.15) is 6.54 Å². The number of carbonyl (C=O) groups excluding carboxylic acids is 5. The lowest BCUT2D eigenvalue weighted by molar-refractivity contribution is -0.144. The number of nitrogens with one attached hydrogen (secondary N) is 2. The van der Waals surface area contributed by atoms with Crippen LogP contribution in [0, 0.1) is 13.8 Å². The molecule has 0 radical (unpaired) electrons. The molecule has 1 aliphatic heterocycles. The van der Waals surface area contributed by atoms with Crippen LogP contribution >= 0.6 is 0 Å². The molecule has 0 aromatic heterocycles. The molecule has 6 amide bonds. The maximum absolute atomic E-state index is 12.0. The van der Waals surface area contributed by atoms with Gasteiger partial charge < -0.3 is 10.6 Å². The SMILES string of the molecule is CCN1C(=O)C(=O)N(CC(=O)NCC(=O)Nc2cccc(C)c2C)C1=O. The van der Waals surface area contributed by atoms with E-state index in [-0.39, 0.29) is 13.1 Å². The van der Waals surface area contributed by atoms with Crippen LogP contribution in [0.4, 0.5) is 10.5 Å². The Balaban J connectivity index is 1.88. The number of nitrogens with zero attached hydrogens (tertiary/aromatic N) is 2. The van der Waals surface area contributed by atoms with E-state index in [2.05, 4.69) is 10.6 Å². The number of anilines is 1. The van der Waals surface area contributed by atoms with Crippen molar-refractivity contribution >= 4 is 35.3 Å². The topological polar surface area (TPSA) is 116 Å². The molecular formula is C17H20N4O5.